The van der Waals surface area contributed by atoms with Crippen molar-refractivity contribution in [1.82, 2.24) is 5.32 Å². The molecule has 2 amide bonds. The number of para-hydroxylation sites is 1. The zero-order valence-electron chi connectivity index (χ0n) is 15.8. The highest BCUT2D eigenvalue weighted by atomic mass is 16.5. The lowest BCUT2D eigenvalue weighted by Gasteiger charge is -2.18. The third-order valence-electron chi connectivity index (χ3n) is 4.19. The third kappa shape index (κ3) is 4.85. The summed E-state index contributed by atoms with van der Waals surface area (Å²) in [7, 11) is 0. The van der Waals surface area contributed by atoms with E-state index in [1.165, 1.54) is 0 Å². The molecule has 26 heavy (non-hydrogen) atoms. The van der Waals surface area contributed by atoms with Crippen LogP contribution in [0.5, 0.6) is 5.75 Å². The van der Waals surface area contributed by atoms with Crippen LogP contribution in [0.15, 0.2) is 42.5 Å². The maximum absolute atomic E-state index is 12.5. The van der Waals surface area contributed by atoms with Gasteiger partial charge in [-0.1, -0.05) is 31.2 Å². The summed E-state index contributed by atoms with van der Waals surface area (Å²) in [5.41, 5.74) is 3.02. The van der Waals surface area contributed by atoms with Crippen LogP contribution in [0.2, 0.25) is 0 Å². The Hall–Kier alpha value is -2.82. The van der Waals surface area contributed by atoms with E-state index in [1.807, 2.05) is 39.0 Å². The Bertz CT molecular complexity index is 787. The predicted molar refractivity (Wildman–Crippen MR) is 104 cm³/mol. The fourth-order valence-electron chi connectivity index (χ4n) is 2.45. The second kappa shape index (κ2) is 9.04. The largest absolute Gasteiger partial charge is 0.481 e. The van der Waals surface area contributed by atoms with Crippen molar-refractivity contribution < 1.29 is 14.3 Å². The molecular formula is C21H26N2O3. The van der Waals surface area contributed by atoms with Crippen molar-refractivity contribution in [3.63, 3.8) is 0 Å². The Morgan fingerprint density at radius 3 is 2.54 bits per heavy atom. The van der Waals surface area contributed by atoms with Gasteiger partial charge in [-0.3, -0.25) is 9.59 Å². The van der Waals surface area contributed by atoms with Crippen LogP contribution in [0.3, 0.4) is 0 Å². The number of rotatable bonds is 7. The van der Waals surface area contributed by atoms with Crippen LogP contribution in [0.4, 0.5) is 5.69 Å². The lowest BCUT2D eigenvalue weighted by atomic mass is 10.1. The van der Waals surface area contributed by atoms with Gasteiger partial charge in [0.25, 0.3) is 11.8 Å². The van der Waals surface area contributed by atoms with Crippen molar-refractivity contribution in [2.24, 2.45) is 0 Å². The van der Waals surface area contributed by atoms with Gasteiger partial charge in [0.05, 0.1) is 11.3 Å². The Balaban J connectivity index is 2.09. The number of ether oxygens (including phenoxy) is 1. The van der Waals surface area contributed by atoms with E-state index in [0.717, 1.165) is 17.5 Å². The van der Waals surface area contributed by atoms with Gasteiger partial charge in [0.2, 0.25) is 0 Å². The van der Waals surface area contributed by atoms with E-state index in [4.69, 9.17) is 4.74 Å². The highest BCUT2D eigenvalue weighted by Gasteiger charge is 2.19. The van der Waals surface area contributed by atoms with E-state index < -0.39 is 6.10 Å². The van der Waals surface area contributed by atoms with Gasteiger partial charge in [0.1, 0.15) is 5.75 Å². The van der Waals surface area contributed by atoms with Crippen LogP contribution < -0.4 is 15.4 Å². The van der Waals surface area contributed by atoms with Gasteiger partial charge in [-0.25, -0.2) is 0 Å². The minimum atomic E-state index is -0.692. The summed E-state index contributed by atoms with van der Waals surface area (Å²) in [6, 6.07) is 12.7. The second-order valence-electron chi connectivity index (χ2n) is 6.25. The molecule has 0 saturated heterocycles. The zero-order chi connectivity index (χ0) is 19.1. The molecule has 0 aliphatic carbocycles. The number of hydrogen-bond donors (Lipinski definition) is 2. The highest BCUT2D eigenvalue weighted by molar-refractivity contribution is 6.04. The van der Waals surface area contributed by atoms with Gasteiger partial charge >= 0.3 is 0 Å². The topological polar surface area (TPSA) is 67.4 Å². The molecule has 2 aromatic carbocycles. The number of carbonyl (C=O) groups is 2. The van der Waals surface area contributed by atoms with Gasteiger partial charge in [-0.05, 0) is 56.5 Å². The molecule has 0 spiro atoms. The van der Waals surface area contributed by atoms with Gasteiger partial charge in [0.15, 0.2) is 6.10 Å². The third-order valence-corrected chi connectivity index (χ3v) is 4.19. The fraction of sp³-hybridized carbons (Fsp3) is 0.333. The van der Waals surface area contributed by atoms with Crippen molar-refractivity contribution in [2.75, 3.05) is 11.9 Å². The normalized spacial score (nSPS) is 11.5. The van der Waals surface area contributed by atoms with E-state index in [0.29, 0.717) is 23.5 Å². The molecule has 0 heterocycles. The van der Waals surface area contributed by atoms with Gasteiger partial charge in [0, 0.05) is 6.54 Å². The smallest absolute Gasteiger partial charge is 0.265 e. The van der Waals surface area contributed by atoms with E-state index >= 15 is 0 Å². The summed E-state index contributed by atoms with van der Waals surface area (Å²) in [6.07, 6.45) is 0.156. The van der Waals surface area contributed by atoms with Crippen molar-refractivity contribution in [1.29, 1.82) is 0 Å². The van der Waals surface area contributed by atoms with Crippen LogP contribution in [0.1, 0.15) is 41.8 Å². The molecule has 0 aromatic heterocycles. The molecule has 0 aliphatic heterocycles. The Labute approximate surface area is 154 Å². The first-order valence-electron chi connectivity index (χ1n) is 8.85. The minimum Gasteiger partial charge on any atom is -0.481 e. The number of amides is 2. The van der Waals surface area contributed by atoms with E-state index in [-0.39, 0.29) is 11.8 Å². The number of anilines is 1. The molecule has 138 valence electrons. The molecular weight excluding hydrogens is 328 g/mol. The summed E-state index contributed by atoms with van der Waals surface area (Å²) >= 11 is 0. The second-order valence-corrected chi connectivity index (χ2v) is 6.25. The van der Waals surface area contributed by atoms with E-state index in [1.54, 1.807) is 31.2 Å². The quantitative estimate of drug-likeness (QED) is 0.794. The molecule has 2 N–H and O–H groups in total. The van der Waals surface area contributed by atoms with Crippen LogP contribution >= 0.6 is 0 Å². The molecule has 5 heteroatoms. The SMILES string of the molecule is CCCNC(=O)c1ccccc1NC(=O)[C@H](C)Oc1cccc(C)c1C. The molecule has 0 unspecified atom stereocenters. The van der Waals surface area contributed by atoms with Crippen LogP contribution in [0.25, 0.3) is 0 Å². The molecule has 0 fully saturated rings. The van der Waals surface area contributed by atoms with Crippen molar-refractivity contribution >= 4 is 17.5 Å². The molecule has 5 nitrogen and oxygen atoms in total. The monoisotopic (exact) mass is 354 g/mol. The van der Waals surface area contributed by atoms with Crippen LogP contribution in [-0.4, -0.2) is 24.5 Å². The van der Waals surface area contributed by atoms with Gasteiger partial charge in [-0.15, -0.1) is 0 Å². The van der Waals surface area contributed by atoms with Crippen LogP contribution in [0, 0.1) is 13.8 Å². The summed E-state index contributed by atoms with van der Waals surface area (Å²) in [5.74, 6) is 0.175. The highest BCUT2D eigenvalue weighted by Crippen LogP contribution is 2.22. The van der Waals surface area contributed by atoms with E-state index in [2.05, 4.69) is 10.6 Å². The van der Waals surface area contributed by atoms with Crippen LogP contribution in [-0.2, 0) is 4.79 Å². The minimum absolute atomic E-state index is 0.203. The van der Waals surface area contributed by atoms with Gasteiger partial charge in [-0.2, -0.15) is 0 Å². The maximum Gasteiger partial charge on any atom is 0.265 e. The van der Waals surface area contributed by atoms with Crippen molar-refractivity contribution in [3.05, 3.63) is 59.2 Å². The number of benzene rings is 2. The number of aryl methyl sites for hydroxylation is 1. The summed E-state index contributed by atoms with van der Waals surface area (Å²) in [6.45, 7) is 8.23. The van der Waals surface area contributed by atoms with E-state index in [9.17, 15) is 9.59 Å². The number of nitrogens with one attached hydrogen (secondary N) is 2. The lowest BCUT2D eigenvalue weighted by Crippen LogP contribution is -2.32. The molecule has 0 radical (unpaired) electrons. The Morgan fingerprint density at radius 2 is 1.81 bits per heavy atom. The zero-order valence-corrected chi connectivity index (χ0v) is 15.8. The number of hydrogen-bond acceptors (Lipinski definition) is 3. The molecule has 0 aliphatic rings. The number of carbonyl (C=O) groups excluding carboxylic acids is 2. The fourth-order valence-corrected chi connectivity index (χ4v) is 2.45. The molecule has 0 saturated carbocycles. The molecule has 0 bridgehead atoms. The van der Waals surface area contributed by atoms with Crippen molar-refractivity contribution in [2.45, 2.75) is 40.2 Å². The average molecular weight is 354 g/mol. The molecule has 2 rings (SSSR count). The predicted octanol–water partition coefficient (Wildman–Crippen LogP) is 3.85. The standard InChI is InChI=1S/C21H26N2O3/c1-5-13-22-21(25)17-10-6-7-11-18(17)23-20(24)16(4)26-19-12-8-9-14(2)15(19)3/h6-12,16H,5,13H2,1-4H3,(H,22,25)(H,23,24)/t16-/m0/s1. The van der Waals surface area contributed by atoms with Crippen molar-refractivity contribution in [3.8, 4) is 5.75 Å². The maximum atomic E-state index is 12.5. The lowest BCUT2D eigenvalue weighted by molar-refractivity contribution is -0.122. The Kier molecular flexibility index (Phi) is 6.78. The first-order chi connectivity index (χ1) is 12.4. The first kappa shape index (κ1) is 19.5. The Morgan fingerprint density at radius 1 is 1.08 bits per heavy atom. The first-order valence-corrected chi connectivity index (χ1v) is 8.85. The molecule has 2 aromatic rings. The van der Waals surface area contributed by atoms with Gasteiger partial charge < -0.3 is 15.4 Å². The summed E-state index contributed by atoms with van der Waals surface area (Å²) in [5, 5.41) is 5.62. The molecule has 1 atom stereocenters. The summed E-state index contributed by atoms with van der Waals surface area (Å²) < 4.78 is 5.81. The summed E-state index contributed by atoms with van der Waals surface area (Å²) in [4.78, 5) is 24.8. The average Bonchev–Trinajstić information content (AvgIpc) is 2.63.